The van der Waals surface area contributed by atoms with E-state index >= 15 is 0 Å². The third kappa shape index (κ3) is 2.90. The molecule has 2 rings (SSSR count). The van der Waals surface area contributed by atoms with E-state index in [1.807, 2.05) is 24.3 Å². The van der Waals surface area contributed by atoms with Crippen molar-refractivity contribution in [2.45, 2.75) is 18.4 Å². The minimum Gasteiger partial charge on any atom is -0.337 e. The van der Waals surface area contributed by atoms with Gasteiger partial charge >= 0.3 is 6.03 Å². The number of urea groups is 1. The van der Waals surface area contributed by atoms with Crippen LogP contribution in [0, 0.1) is 0 Å². The minimum absolute atomic E-state index is 0.164. The molecule has 2 amide bonds. The maximum absolute atomic E-state index is 11.6. The Morgan fingerprint density at radius 3 is 2.53 bits per heavy atom. The Morgan fingerprint density at radius 2 is 2.00 bits per heavy atom. The molecule has 0 radical (unpaired) electrons. The van der Waals surface area contributed by atoms with E-state index in [0.29, 0.717) is 18.1 Å². The Hall–Kier alpha value is -1.26. The van der Waals surface area contributed by atoms with Crippen LogP contribution in [0.4, 0.5) is 4.79 Å². The fourth-order valence-corrected chi connectivity index (χ4v) is 1.95. The topological polar surface area (TPSA) is 67.1 Å². The number of rotatable bonds is 4. The van der Waals surface area contributed by atoms with Gasteiger partial charge in [-0.2, -0.15) is 0 Å². The van der Waals surface area contributed by atoms with Gasteiger partial charge in [-0.3, -0.25) is 0 Å². The van der Waals surface area contributed by atoms with Gasteiger partial charge in [-0.05, 0) is 30.5 Å². The highest BCUT2D eigenvalue weighted by Crippen LogP contribution is 2.45. The highest BCUT2D eigenvalue weighted by Gasteiger charge is 2.45. The molecule has 4 nitrogen and oxygen atoms in total. The van der Waals surface area contributed by atoms with Crippen molar-refractivity contribution in [3.8, 4) is 0 Å². The van der Waals surface area contributed by atoms with E-state index in [1.54, 1.807) is 0 Å². The van der Waals surface area contributed by atoms with Crippen LogP contribution in [0.3, 0.4) is 0 Å². The number of carbonyl (C=O) groups excluding carboxylic acids is 1. The molecule has 1 fully saturated rings. The van der Waals surface area contributed by atoms with Gasteiger partial charge in [0.2, 0.25) is 0 Å². The second-order valence-corrected chi connectivity index (χ2v) is 4.70. The molecule has 0 bridgehead atoms. The summed E-state index contributed by atoms with van der Waals surface area (Å²) in [5.74, 6) is 0. The number of carbonyl (C=O) groups is 1. The largest absolute Gasteiger partial charge is 0.337 e. The average molecular weight is 254 g/mol. The Balaban J connectivity index is 2.00. The quantitative estimate of drug-likeness (QED) is 0.763. The summed E-state index contributed by atoms with van der Waals surface area (Å²) < 4.78 is 0. The molecule has 0 aromatic heterocycles. The SMILES string of the molecule is NCCNC(=O)NC1(c2ccc(Cl)cc2)CC1. The van der Waals surface area contributed by atoms with Crippen LogP contribution >= 0.6 is 11.6 Å². The van der Waals surface area contributed by atoms with Crippen LogP contribution in [0.15, 0.2) is 24.3 Å². The summed E-state index contributed by atoms with van der Waals surface area (Å²) in [6.07, 6.45) is 1.93. The van der Waals surface area contributed by atoms with Crippen LogP contribution in [-0.4, -0.2) is 19.1 Å². The zero-order chi connectivity index (χ0) is 12.3. The van der Waals surface area contributed by atoms with E-state index in [2.05, 4.69) is 10.6 Å². The van der Waals surface area contributed by atoms with E-state index in [-0.39, 0.29) is 11.6 Å². The zero-order valence-electron chi connectivity index (χ0n) is 9.50. The smallest absolute Gasteiger partial charge is 0.315 e. The molecule has 0 saturated heterocycles. The summed E-state index contributed by atoms with van der Waals surface area (Å²) in [6.45, 7) is 0.934. The molecule has 5 heteroatoms. The van der Waals surface area contributed by atoms with E-state index in [0.717, 1.165) is 18.4 Å². The minimum atomic E-state index is -0.205. The van der Waals surface area contributed by atoms with E-state index in [9.17, 15) is 4.79 Å². The van der Waals surface area contributed by atoms with E-state index < -0.39 is 0 Å². The molecule has 1 aromatic rings. The van der Waals surface area contributed by atoms with Gasteiger partial charge in [-0.1, -0.05) is 23.7 Å². The molecule has 1 aliphatic carbocycles. The molecule has 0 atom stereocenters. The molecule has 1 saturated carbocycles. The van der Waals surface area contributed by atoms with Crippen LogP contribution in [-0.2, 0) is 5.54 Å². The van der Waals surface area contributed by atoms with Crippen LogP contribution < -0.4 is 16.4 Å². The van der Waals surface area contributed by atoms with Crippen molar-refractivity contribution in [1.82, 2.24) is 10.6 Å². The predicted octanol–water partition coefficient (Wildman–Crippen LogP) is 1.59. The molecule has 1 aliphatic rings. The Bertz CT molecular complexity index is 401. The van der Waals surface area contributed by atoms with Crippen LogP contribution in [0.2, 0.25) is 5.02 Å². The predicted molar refractivity (Wildman–Crippen MR) is 68.0 cm³/mol. The van der Waals surface area contributed by atoms with Gasteiger partial charge in [-0.25, -0.2) is 4.79 Å². The van der Waals surface area contributed by atoms with Gasteiger partial charge in [0, 0.05) is 18.1 Å². The maximum atomic E-state index is 11.6. The molecule has 0 aliphatic heterocycles. The first-order chi connectivity index (χ1) is 8.16. The third-order valence-electron chi connectivity index (χ3n) is 2.93. The van der Waals surface area contributed by atoms with Gasteiger partial charge in [0.15, 0.2) is 0 Å². The molecule has 0 heterocycles. The standard InChI is InChI=1S/C12H16ClN3O/c13-10-3-1-9(2-4-10)12(5-6-12)16-11(17)15-8-7-14/h1-4H,5-8,14H2,(H2,15,16,17). The lowest BCUT2D eigenvalue weighted by Crippen LogP contribution is -2.43. The highest BCUT2D eigenvalue weighted by atomic mass is 35.5. The van der Waals surface area contributed by atoms with Crippen molar-refractivity contribution in [2.75, 3.05) is 13.1 Å². The summed E-state index contributed by atoms with van der Waals surface area (Å²) in [5, 5.41) is 6.40. The maximum Gasteiger partial charge on any atom is 0.315 e. The molecule has 0 unspecified atom stereocenters. The fraction of sp³-hybridized carbons (Fsp3) is 0.417. The van der Waals surface area contributed by atoms with Crippen molar-refractivity contribution in [3.63, 3.8) is 0 Å². The zero-order valence-corrected chi connectivity index (χ0v) is 10.3. The lowest BCUT2D eigenvalue weighted by molar-refractivity contribution is 0.236. The van der Waals surface area contributed by atoms with Crippen LogP contribution in [0.1, 0.15) is 18.4 Å². The lowest BCUT2D eigenvalue weighted by Gasteiger charge is -2.18. The number of nitrogens with two attached hydrogens (primary N) is 1. The summed E-state index contributed by atoms with van der Waals surface area (Å²) >= 11 is 5.84. The first kappa shape index (κ1) is 12.2. The molecule has 1 aromatic carbocycles. The van der Waals surface area contributed by atoms with Gasteiger partial charge < -0.3 is 16.4 Å². The second-order valence-electron chi connectivity index (χ2n) is 4.26. The molecule has 4 N–H and O–H groups in total. The van der Waals surface area contributed by atoms with Crippen LogP contribution in [0.25, 0.3) is 0 Å². The second kappa shape index (κ2) is 4.94. The number of hydrogen-bond acceptors (Lipinski definition) is 2. The van der Waals surface area contributed by atoms with Crippen molar-refractivity contribution < 1.29 is 4.79 Å². The first-order valence-corrected chi connectivity index (χ1v) is 6.06. The van der Waals surface area contributed by atoms with Gasteiger partial charge in [0.1, 0.15) is 0 Å². The fourth-order valence-electron chi connectivity index (χ4n) is 1.83. The lowest BCUT2D eigenvalue weighted by atomic mass is 10.1. The molecular formula is C12H16ClN3O. The Morgan fingerprint density at radius 1 is 1.35 bits per heavy atom. The number of nitrogens with one attached hydrogen (secondary N) is 2. The monoisotopic (exact) mass is 253 g/mol. The highest BCUT2D eigenvalue weighted by molar-refractivity contribution is 6.30. The Labute approximate surface area is 106 Å². The van der Waals surface area contributed by atoms with Crippen molar-refractivity contribution in [2.24, 2.45) is 5.73 Å². The van der Waals surface area contributed by atoms with Gasteiger partial charge in [-0.15, -0.1) is 0 Å². The number of benzene rings is 1. The van der Waals surface area contributed by atoms with Gasteiger partial charge in [0.05, 0.1) is 5.54 Å². The van der Waals surface area contributed by atoms with Gasteiger partial charge in [0.25, 0.3) is 0 Å². The summed E-state index contributed by atoms with van der Waals surface area (Å²) in [6, 6.07) is 7.44. The number of halogens is 1. The number of amides is 2. The molecular weight excluding hydrogens is 238 g/mol. The average Bonchev–Trinajstić information content (AvgIpc) is 3.08. The normalized spacial score (nSPS) is 16.4. The van der Waals surface area contributed by atoms with E-state index in [4.69, 9.17) is 17.3 Å². The van der Waals surface area contributed by atoms with E-state index in [1.165, 1.54) is 0 Å². The summed E-state index contributed by atoms with van der Waals surface area (Å²) in [7, 11) is 0. The molecule has 17 heavy (non-hydrogen) atoms. The van der Waals surface area contributed by atoms with Crippen molar-refractivity contribution in [3.05, 3.63) is 34.9 Å². The van der Waals surface area contributed by atoms with Crippen molar-refractivity contribution in [1.29, 1.82) is 0 Å². The van der Waals surface area contributed by atoms with Crippen LogP contribution in [0.5, 0.6) is 0 Å². The molecule has 0 spiro atoms. The third-order valence-corrected chi connectivity index (χ3v) is 3.18. The first-order valence-electron chi connectivity index (χ1n) is 5.68. The summed E-state index contributed by atoms with van der Waals surface area (Å²) in [5.41, 5.74) is 6.22. The Kier molecular flexibility index (Phi) is 3.54. The number of hydrogen-bond donors (Lipinski definition) is 3. The summed E-state index contributed by atoms with van der Waals surface area (Å²) in [4.78, 5) is 11.6. The van der Waals surface area contributed by atoms with Crippen molar-refractivity contribution >= 4 is 17.6 Å². The molecule has 92 valence electrons.